The van der Waals surface area contributed by atoms with E-state index in [0.29, 0.717) is 11.3 Å². The van der Waals surface area contributed by atoms with E-state index in [4.69, 9.17) is 11.1 Å². The summed E-state index contributed by atoms with van der Waals surface area (Å²) < 4.78 is 0. The van der Waals surface area contributed by atoms with Gasteiger partial charge in [0.1, 0.15) is 6.23 Å². The standard InChI is InChI=1S/C15H17N3OS/c1-18-15(19)12-4-2-3-5-14(12)20-11-7-6-10(9-16)13(17)8-11/h2-9,15-16,18-19H,17H2,1H3. The molecule has 5 heteroatoms. The van der Waals surface area contributed by atoms with E-state index in [-0.39, 0.29) is 0 Å². The first kappa shape index (κ1) is 14.6. The van der Waals surface area contributed by atoms with Gasteiger partial charge in [-0.2, -0.15) is 0 Å². The average Bonchev–Trinajstić information content (AvgIpc) is 2.47. The number of anilines is 1. The number of nitrogens with one attached hydrogen (secondary N) is 2. The van der Waals surface area contributed by atoms with E-state index in [1.807, 2.05) is 42.5 Å². The van der Waals surface area contributed by atoms with Gasteiger partial charge in [0.2, 0.25) is 0 Å². The van der Waals surface area contributed by atoms with Gasteiger partial charge >= 0.3 is 0 Å². The zero-order valence-corrected chi connectivity index (χ0v) is 11.9. The molecule has 0 aliphatic rings. The van der Waals surface area contributed by atoms with Gasteiger partial charge in [0.15, 0.2) is 0 Å². The van der Waals surface area contributed by atoms with Crippen molar-refractivity contribution in [3.8, 4) is 0 Å². The number of nitrogen functional groups attached to an aromatic ring is 1. The third kappa shape index (κ3) is 3.19. The summed E-state index contributed by atoms with van der Waals surface area (Å²) in [5.41, 5.74) is 8.00. The van der Waals surface area contributed by atoms with E-state index in [9.17, 15) is 5.11 Å². The van der Waals surface area contributed by atoms with Gasteiger partial charge < -0.3 is 16.2 Å². The molecule has 0 fully saturated rings. The normalized spacial score (nSPS) is 12.1. The fourth-order valence-corrected chi connectivity index (χ4v) is 2.85. The van der Waals surface area contributed by atoms with Crippen LogP contribution in [0.2, 0.25) is 0 Å². The summed E-state index contributed by atoms with van der Waals surface area (Å²) >= 11 is 1.54. The van der Waals surface area contributed by atoms with Crippen LogP contribution >= 0.6 is 11.8 Å². The Hall–Kier alpha value is -1.82. The lowest BCUT2D eigenvalue weighted by Crippen LogP contribution is -2.15. The van der Waals surface area contributed by atoms with Gasteiger partial charge in [-0.05, 0) is 25.2 Å². The van der Waals surface area contributed by atoms with Gasteiger partial charge in [-0.1, -0.05) is 36.0 Å². The van der Waals surface area contributed by atoms with Crippen LogP contribution in [0.15, 0.2) is 52.3 Å². The Morgan fingerprint density at radius 3 is 2.70 bits per heavy atom. The van der Waals surface area contributed by atoms with Crippen molar-refractivity contribution in [3.63, 3.8) is 0 Å². The maximum absolute atomic E-state index is 9.95. The molecule has 104 valence electrons. The largest absolute Gasteiger partial charge is 0.398 e. The fourth-order valence-electron chi connectivity index (χ4n) is 1.83. The zero-order valence-electron chi connectivity index (χ0n) is 11.1. The summed E-state index contributed by atoms with van der Waals surface area (Å²) in [7, 11) is 1.71. The Kier molecular flexibility index (Phi) is 4.79. The highest BCUT2D eigenvalue weighted by molar-refractivity contribution is 7.99. The summed E-state index contributed by atoms with van der Waals surface area (Å²) in [5.74, 6) is 0. The van der Waals surface area contributed by atoms with Crippen LogP contribution in [0, 0.1) is 5.41 Å². The molecule has 4 nitrogen and oxygen atoms in total. The number of aliphatic hydroxyl groups excluding tert-OH is 1. The molecule has 0 aromatic heterocycles. The molecule has 2 aromatic carbocycles. The molecule has 0 radical (unpaired) electrons. The van der Waals surface area contributed by atoms with E-state index in [1.54, 1.807) is 7.05 Å². The fraction of sp³-hybridized carbons (Fsp3) is 0.133. The van der Waals surface area contributed by atoms with Crippen LogP contribution in [-0.2, 0) is 0 Å². The summed E-state index contributed by atoms with van der Waals surface area (Å²) in [6.07, 6.45) is 0.541. The highest BCUT2D eigenvalue weighted by Crippen LogP contribution is 2.33. The van der Waals surface area contributed by atoms with Gasteiger partial charge in [-0.25, -0.2) is 0 Å². The van der Waals surface area contributed by atoms with Crippen molar-refractivity contribution in [1.29, 1.82) is 5.41 Å². The molecule has 0 heterocycles. The number of hydrogen-bond acceptors (Lipinski definition) is 5. The maximum Gasteiger partial charge on any atom is 0.131 e. The molecule has 0 bridgehead atoms. The number of hydrogen-bond donors (Lipinski definition) is 4. The summed E-state index contributed by atoms with van der Waals surface area (Å²) in [4.78, 5) is 1.94. The molecule has 20 heavy (non-hydrogen) atoms. The summed E-state index contributed by atoms with van der Waals surface area (Å²) in [6, 6.07) is 13.3. The van der Waals surface area contributed by atoms with E-state index in [2.05, 4.69) is 5.32 Å². The Morgan fingerprint density at radius 1 is 1.30 bits per heavy atom. The Morgan fingerprint density at radius 2 is 2.05 bits per heavy atom. The van der Waals surface area contributed by atoms with Crippen LogP contribution < -0.4 is 11.1 Å². The predicted molar refractivity (Wildman–Crippen MR) is 83.3 cm³/mol. The van der Waals surface area contributed by atoms with Crippen molar-refractivity contribution in [2.45, 2.75) is 16.0 Å². The number of aliphatic hydroxyl groups is 1. The van der Waals surface area contributed by atoms with Crippen LogP contribution in [0.4, 0.5) is 5.69 Å². The van der Waals surface area contributed by atoms with Gasteiger partial charge in [0, 0.05) is 32.8 Å². The summed E-state index contributed by atoms with van der Waals surface area (Å²) in [5, 5.41) is 20.0. The smallest absolute Gasteiger partial charge is 0.131 e. The highest BCUT2D eigenvalue weighted by Gasteiger charge is 2.11. The van der Waals surface area contributed by atoms with E-state index < -0.39 is 6.23 Å². The molecule has 0 spiro atoms. The minimum absolute atomic E-state index is 0.580. The Labute approximate surface area is 122 Å². The Balaban J connectivity index is 2.30. The maximum atomic E-state index is 9.95. The number of nitrogens with two attached hydrogens (primary N) is 1. The molecule has 2 aromatic rings. The number of rotatable bonds is 5. The van der Waals surface area contributed by atoms with Crippen LogP contribution in [0.1, 0.15) is 17.4 Å². The SMILES string of the molecule is CNC(O)c1ccccc1Sc1ccc(C=N)c(N)c1. The molecule has 0 amide bonds. The molecule has 0 aliphatic heterocycles. The molecule has 0 saturated carbocycles. The second kappa shape index (κ2) is 6.56. The average molecular weight is 287 g/mol. The van der Waals surface area contributed by atoms with Gasteiger partial charge in [-0.15, -0.1) is 0 Å². The van der Waals surface area contributed by atoms with E-state index in [1.165, 1.54) is 18.0 Å². The number of benzene rings is 2. The lowest BCUT2D eigenvalue weighted by atomic mass is 10.2. The third-order valence-electron chi connectivity index (χ3n) is 2.93. The van der Waals surface area contributed by atoms with Crippen molar-refractivity contribution >= 4 is 23.7 Å². The Bertz CT molecular complexity index is 616. The van der Waals surface area contributed by atoms with E-state index in [0.717, 1.165) is 15.4 Å². The first-order valence-corrected chi connectivity index (χ1v) is 6.99. The molecule has 1 atom stereocenters. The lowest BCUT2D eigenvalue weighted by Gasteiger charge is -2.14. The quantitative estimate of drug-likeness (QED) is 0.387. The van der Waals surface area contributed by atoms with Crippen molar-refractivity contribution in [2.24, 2.45) is 0 Å². The third-order valence-corrected chi connectivity index (χ3v) is 4.01. The van der Waals surface area contributed by atoms with Crippen LogP contribution in [-0.4, -0.2) is 18.4 Å². The highest BCUT2D eigenvalue weighted by atomic mass is 32.2. The van der Waals surface area contributed by atoms with Gasteiger partial charge in [-0.3, -0.25) is 5.32 Å². The van der Waals surface area contributed by atoms with Crippen molar-refractivity contribution in [2.75, 3.05) is 12.8 Å². The minimum Gasteiger partial charge on any atom is -0.398 e. The molecule has 5 N–H and O–H groups in total. The van der Waals surface area contributed by atoms with E-state index >= 15 is 0 Å². The first-order valence-electron chi connectivity index (χ1n) is 6.18. The lowest BCUT2D eigenvalue weighted by molar-refractivity contribution is 0.146. The monoisotopic (exact) mass is 287 g/mol. The first-order chi connectivity index (χ1) is 9.65. The molecule has 1 unspecified atom stereocenters. The van der Waals surface area contributed by atoms with Gasteiger partial charge in [0.25, 0.3) is 0 Å². The molecule has 0 saturated heterocycles. The van der Waals surface area contributed by atoms with Crippen LogP contribution in [0.3, 0.4) is 0 Å². The molecule has 0 aliphatic carbocycles. The molecular formula is C15H17N3OS. The summed E-state index contributed by atoms with van der Waals surface area (Å²) in [6.45, 7) is 0. The van der Waals surface area contributed by atoms with Crippen molar-refractivity contribution in [3.05, 3.63) is 53.6 Å². The topological polar surface area (TPSA) is 82.1 Å². The second-order valence-electron chi connectivity index (χ2n) is 4.27. The van der Waals surface area contributed by atoms with Crippen LogP contribution in [0.5, 0.6) is 0 Å². The second-order valence-corrected chi connectivity index (χ2v) is 5.38. The molecular weight excluding hydrogens is 270 g/mol. The minimum atomic E-state index is -0.697. The predicted octanol–water partition coefficient (Wildman–Crippen LogP) is 2.63. The molecule has 2 rings (SSSR count). The van der Waals surface area contributed by atoms with Crippen LogP contribution in [0.25, 0.3) is 0 Å². The van der Waals surface area contributed by atoms with Gasteiger partial charge in [0.05, 0.1) is 0 Å². The van der Waals surface area contributed by atoms with Crippen molar-refractivity contribution < 1.29 is 5.11 Å². The zero-order chi connectivity index (χ0) is 14.5. The van der Waals surface area contributed by atoms with Crippen molar-refractivity contribution in [1.82, 2.24) is 5.32 Å².